The number of nitrogens with zero attached hydrogens (tertiary/aromatic N) is 1. The molecule has 1 aromatic carbocycles. The van der Waals surface area contributed by atoms with Gasteiger partial charge in [0.1, 0.15) is 5.82 Å². The lowest BCUT2D eigenvalue weighted by Crippen LogP contribution is -2.33. The fourth-order valence-electron chi connectivity index (χ4n) is 1.67. The topological polar surface area (TPSA) is 32.3 Å². The molecule has 0 unspecified atom stereocenters. The summed E-state index contributed by atoms with van der Waals surface area (Å²) >= 11 is 0. The lowest BCUT2D eigenvalue weighted by Gasteiger charge is -2.17. The first kappa shape index (κ1) is 11.9. The number of benzene rings is 1. The van der Waals surface area contributed by atoms with E-state index in [0.29, 0.717) is 17.3 Å². The average Bonchev–Trinajstić information content (AvgIpc) is 3.13. The second-order valence-corrected chi connectivity index (χ2v) is 4.55. The van der Waals surface area contributed by atoms with Crippen LogP contribution < -0.4 is 5.32 Å². The maximum atomic E-state index is 13.3. The summed E-state index contributed by atoms with van der Waals surface area (Å²) in [5.41, 5.74) is 1.25. The number of halogens is 1. The first-order valence-electron chi connectivity index (χ1n) is 5.83. The summed E-state index contributed by atoms with van der Waals surface area (Å²) in [7, 11) is 1.82. The van der Waals surface area contributed by atoms with Crippen molar-refractivity contribution in [1.29, 1.82) is 0 Å². The first-order chi connectivity index (χ1) is 8.08. The van der Waals surface area contributed by atoms with Crippen molar-refractivity contribution in [2.45, 2.75) is 25.8 Å². The molecule has 0 spiro atoms. The minimum Gasteiger partial charge on any atom is -0.376 e. The number of carbonyl (C=O) groups is 1. The van der Waals surface area contributed by atoms with Crippen molar-refractivity contribution < 1.29 is 9.18 Å². The molecule has 1 amide bonds. The highest BCUT2D eigenvalue weighted by molar-refractivity contribution is 5.81. The van der Waals surface area contributed by atoms with Crippen molar-refractivity contribution in [3.05, 3.63) is 29.6 Å². The highest BCUT2D eigenvalue weighted by atomic mass is 19.1. The zero-order valence-electron chi connectivity index (χ0n) is 10.2. The number of aryl methyl sites for hydroxylation is 1. The summed E-state index contributed by atoms with van der Waals surface area (Å²) in [5.74, 6) is -0.202. The van der Waals surface area contributed by atoms with Crippen LogP contribution in [0.15, 0.2) is 18.2 Å². The first-order valence-corrected chi connectivity index (χ1v) is 5.83. The van der Waals surface area contributed by atoms with Crippen LogP contribution in [0, 0.1) is 12.7 Å². The molecule has 1 fully saturated rings. The molecule has 0 atom stereocenters. The van der Waals surface area contributed by atoms with E-state index in [-0.39, 0.29) is 18.3 Å². The normalized spacial score (nSPS) is 14.5. The van der Waals surface area contributed by atoms with E-state index in [9.17, 15) is 9.18 Å². The second-order valence-electron chi connectivity index (χ2n) is 4.55. The Bertz CT molecular complexity index is 429. The van der Waals surface area contributed by atoms with Gasteiger partial charge in [-0.05, 0) is 37.5 Å². The molecule has 2 rings (SSSR count). The number of hydrogen-bond donors (Lipinski definition) is 1. The average molecular weight is 236 g/mol. The highest BCUT2D eigenvalue weighted by Gasteiger charge is 2.29. The summed E-state index contributed by atoms with van der Waals surface area (Å²) < 4.78 is 13.3. The Morgan fingerprint density at radius 1 is 1.53 bits per heavy atom. The van der Waals surface area contributed by atoms with Crippen LogP contribution in [0.1, 0.15) is 18.4 Å². The third kappa shape index (κ3) is 2.96. The van der Waals surface area contributed by atoms with Crippen molar-refractivity contribution in [3.63, 3.8) is 0 Å². The molecule has 92 valence electrons. The Labute approximate surface area is 101 Å². The maximum Gasteiger partial charge on any atom is 0.241 e. The molecule has 1 aromatic rings. The van der Waals surface area contributed by atoms with Crippen molar-refractivity contribution in [3.8, 4) is 0 Å². The minimum atomic E-state index is -0.252. The van der Waals surface area contributed by atoms with Gasteiger partial charge in [-0.3, -0.25) is 4.79 Å². The molecule has 4 heteroatoms. The van der Waals surface area contributed by atoms with Crippen molar-refractivity contribution in [2.75, 3.05) is 18.9 Å². The largest absolute Gasteiger partial charge is 0.376 e. The highest BCUT2D eigenvalue weighted by Crippen LogP contribution is 2.25. The van der Waals surface area contributed by atoms with Crippen LogP contribution in [0.4, 0.5) is 10.1 Å². The van der Waals surface area contributed by atoms with Gasteiger partial charge in [-0.25, -0.2) is 4.39 Å². The van der Waals surface area contributed by atoms with Gasteiger partial charge in [0.2, 0.25) is 5.91 Å². The molecule has 1 aliphatic rings. The van der Waals surface area contributed by atoms with Crippen LogP contribution in [0.25, 0.3) is 0 Å². The van der Waals surface area contributed by atoms with E-state index in [1.807, 2.05) is 7.05 Å². The molecule has 17 heavy (non-hydrogen) atoms. The fraction of sp³-hybridized carbons (Fsp3) is 0.462. The second kappa shape index (κ2) is 4.73. The minimum absolute atomic E-state index is 0.0495. The molecule has 1 saturated carbocycles. The Morgan fingerprint density at radius 3 is 2.82 bits per heavy atom. The lowest BCUT2D eigenvalue weighted by molar-refractivity contribution is -0.128. The van der Waals surface area contributed by atoms with E-state index in [0.717, 1.165) is 12.8 Å². The zero-order valence-corrected chi connectivity index (χ0v) is 10.2. The molecule has 1 aliphatic carbocycles. The van der Waals surface area contributed by atoms with Gasteiger partial charge >= 0.3 is 0 Å². The smallest absolute Gasteiger partial charge is 0.241 e. The third-order valence-corrected chi connectivity index (χ3v) is 3.10. The van der Waals surface area contributed by atoms with Crippen LogP contribution in [0.3, 0.4) is 0 Å². The van der Waals surface area contributed by atoms with Gasteiger partial charge in [-0.2, -0.15) is 0 Å². The Morgan fingerprint density at radius 2 is 2.24 bits per heavy atom. The predicted octanol–water partition coefficient (Wildman–Crippen LogP) is 2.17. The van der Waals surface area contributed by atoms with Gasteiger partial charge in [0.25, 0.3) is 0 Å². The number of hydrogen-bond acceptors (Lipinski definition) is 2. The lowest BCUT2D eigenvalue weighted by atomic mass is 10.2. The number of amides is 1. The van der Waals surface area contributed by atoms with Crippen LogP contribution in [-0.4, -0.2) is 30.4 Å². The molecular formula is C13H17FN2O. The van der Waals surface area contributed by atoms with Gasteiger partial charge in [0, 0.05) is 18.8 Å². The van der Waals surface area contributed by atoms with Gasteiger partial charge < -0.3 is 10.2 Å². The van der Waals surface area contributed by atoms with E-state index in [1.165, 1.54) is 6.07 Å². The molecular weight excluding hydrogens is 219 g/mol. The van der Waals surface area contributed by atoms with E-state index < -0.39 is 0 Å². The van der Waals surface area contributed by atoms with E-state index in [4.69, 9.17) is 0 Å². The summed E-state index contributed by atoms with van der Waals surface area (Å²) in [6.07, 6.45) is 2.20. The van der Waals surface area contributed by atoms with Crippen LogP contribution in [0.5, 0.6) is 0 Å². The van der Waals surface area contributed by atoms with E-state index in [2.05, 4.69) is 5.32 Å². The number of carbonyl (C=O) groups excluding carboxylic acids is 1. The molecule has 0 aliphatic heterocycles. The Hall–Kier alpha value is -1.58. The summed E-state index contributed by atoms with van der Waals surface area (Å²) in [5, 5.41) is 2.94. The van der Waals surface area contributed by atoms with Gasteiger partial charge in [0.05, 0.1) is 6.54 Å². The molecule has 0 aromatic heterocycles. The number of nitrogens with one attached hydrogen (secondary N) is 1. The number of anilines is 1. The molecule has 3 nitrogen and oxygen atoms in total. The standard InChI is InChI=1S/C13H17FN2O/c1-9-3-4-10(7-12(9)14)15-8-13(17)16(2)11-5-6-11/h3-4,7,11,15H,5-6,8H2,1-2H3. The Balaban J connectivity index is 1.88. The summed E-state index contributed by atoms with van der Waals surface area (Å²) in [6.45, 7) is 1.93. The van der Waals surface area contributed by atoms with E-state index >= 15 is 0 Å². The molecule has 0 heterocycles. The van der Waals surface area contributed by atoms with Crippen LogP contribution in [-0.2, 0) is 4.79 Å². The van der Waals surface area contributed by atoms with Gasteiger partial charge in [-0.1, -0.05) is 6.07 Å². The number of rotatable bonds is 4. The third-order valence-electron chi connectivity index (χ3n) is 3.10. The SMILES string of the molecule is Cc1ccc(NCC(=O)N(C)C2CC2)cc1F. The van der Waals surface area contributed by atoms with Crippen LogP contribution >= 0.6 is 0 Å². The van der Waals surface area contributed by atoms with Crippen molar-refractivity contribution in [2.24, 2.45) is 0 Å². The fourth-order valence-corrected chi connectivity index (χ4v) is 1.67. The quantitative estimate of drug-likeness (QED) is 0.869. The zero-order chi connectivity index (χ0) is 12.4. The summed E-state index contributed by atoms with van der Waals surface area (Å²) in [4.78, 5) is 13.5. The van der Waals surface area contributed by atoms with Gasteiger partial charge in [0.15, 0.2) is 0 Å². The molecule has 0 saturated heterocycles. The number of likely N-dealkylation sites (N-methyl/N-ethyl adjacent to an activating group) is 1. The maximum absolute atomic E-state index is 13.3. The molecule has 0 bridgehead atoms. The van der Waals surface area contributed by atoms with Gasteiger partial charge in [-0.15, -0.1) is 0 Å². The van der Waals surface area contributed by atoms with Crippen molar-refractivity contribution in [1.82, 2.24) is 4.90 Å². The van der Waals surface area contributed by atoms with Crippen LogP contribution in [0.2, 0.25) is 0 Å². The van der Waals surface area contributed by atoms with Crippen molar-refractivity contribution >= 4 is 11.6 Å². The Kier molecular flexibility index (Phi) is 3.31. The molecule has 1 N–H and O–H groups in total. The molecule has 0 radical (unpaired) electrons. The monoisotopic (exact) mass is 236 g/mol. The predicted molar refractivity (Wildman–Crippen MR) is 65.4 cm³/mol. The summed E-state index contributed by atoms with van der Waals surface area (Å²) in [6, 6.07) is 5.31. The van der Waals surface area contributed by atoms with E-state index in [1.54, 1.807) is 24.0 Å².